The van der Waals surface area contributed by atoms with E-state index >= 15 is 0 Å². The summed E-state index contributed by atoms with van der Waals surface area (Å²) in [5.74, 6) is 1.50. The molecule has 2 N–H and O–H groups in total. The van der Waals surface area contributed by atoms with Crippen molar-refractivity contribution in [2.75, 3.05) is 23.7 Å². The first-order valence-corrected chi connectivity index (χ1v) is 9.65. The molecule has 0 aliphatic heterocycles. The van der Waals surface area contributed by atoms with Gasteiger partial charge in [-0.25, -0.2) is 19.9 Å². The zero-order valence-electron chi connectivity index (χ0n) is 16.6. The molecule has 0 spiro atoms. The van der Waals surface area contributed by atoms with E-state index in [1.165, 1.54) is 25.7 Å². The van der Waals surface area contributed by atoms with Crippen LogP contribution in [0.4, 0.5) is 11.9 Å². The van der Waals surface area contributed by atoms with Gasteiger partial charge in [0.1, 0.15) is 0 Å². The highest BCUT2D eigenvalue weighted by Gasteiger charge is 2.00. The minimum absolute atomic E-state index is 0.752. The lowest BCUT2D eigenvalue weighted by atomic mass is 10.1. The van der Waals surface area contributed by atoms with Crippen LogP contribution < -0.4 is 10.6 Å². The topological polar surface area (TPSA) is 75.6 Å². The molecule has 0 atom stereocenters. The molecule has 6 heteroatoms. The fourth-order valence-corrected chi connectivity index (χ4v) is 2.97. The average Bonchev–Trinajstić information content (AvgIpc) is 2.55. The maximum atomic E-state index is 4.40. The zero-order chi connectivity index (χ0) is 18.8. The molecule has 0 aliphatic rings. The van der Waals surface area contributed by atoms with Crippen LogP contribution in [0.25, 0.3) is 0 Å². The number of nitrogens with zero attached hydrogens (tertiary/aromatic N) is 4. The van der Waals surface area contributed by atoms with E-state index in [2.05, 4.69) is 30.6 Å². The molecule has 0 saturated carbocycles. The van der Waals surface area contributed by atoms with E-state index in [1.54, 1.807) is 0 Å². The highest BCUT2D eigenvalue weighted by atomic mass is 15.1. The van der Waals surface area contributed by atoms with Gasteiger partial charge in [0.2, 0.25) is 11.9 Å². The Balaban J connectivity index is 1.47. The normalized spacial score (nSPS) is 10.8. The second kappa shape index (κ2) is 10.7. The molecule has 0 radical (unpaired) electrons. The van der Waals surface area contributed by atoms with Crippen molar-refractivity contribution in [2.45, 2.75) is 66.2 Å². The third-order valence-electron chi connectivity index (χ3n) is 4.13. The number of aryl methyl sites for hydroxylation is 4. The lowest BCUT2D eigenvalue weighted by Crippen LogP contribution is -2.07. The number of unbranched alkanes of at least 4 members (excludes halogenated alkanes) is 5. The molecule has 0 bridgehead atoms. The predicted molar refractivity (Wildman–Crippen MR) is 108 cm³/mol. The van der Waals surface area contributed by atoms with Gasteiger partial charge in [-0.05, 0) is 52.7 Å². The Bertz CT molecular complexity index is 586. The van der Waals surface area contributed by atoms with Gasteiger partial charge < -0.3 is 10.6 Å². The number of hydrogen-bond acceptors (Lipinski definition) is 6. The highest BCUT2D eigenvalue weighted by molar-refractivity contribution is 5.28. The first kappa shape index (κ1) is 20.1. The number of nitrogens with one attached hydrogen (secondary N) is 2. The molecule has 0 aromatic carbocycles. The lowest BCUT2D eigenvalue weighted by Gasteiger charge is -2.07. The Morgan fingerprint density at radius 2 is 0.846 bits per heavy atom. The fraction of sp³-hybridized carbons (Fsp3) is 0.600. The molecule has 2 rings (SSSR count). The summed E-state index contributed by atoms with van der Waals surface area (Å²) in [5, 5.41) is 6.64. The van der Waals surface area contributed by atoms with E-state index in [1.807, 2.05) is 39.8 Å². The van der Waals surface area contributed by atoms with Gasteiger partial charge in [-0.2, -0.15) is 0 Å². The van der Waals surface area contributed by atoms with Gasteiger partial charge >= 0.3 is 0 Å². The van der Waals surface area contributed by atoms with Crippen molar-refractivity contribution >= 4 is 11.9 Å². The highest BCUT2D eigenvalue weighted by Crippen LogP contribution is 2.08. The van der Waals surface area contributed by atoms with Crippen LogP contribution in [-0.4, -0.2) is 33.0 Å². The number of rotatable bonds is 11. The van der Waals surface area contributed by atoms with Crippen LogP contribution in [0.1, 0.15) is 61.3 Å². The molecule has 0 amide bonds. The summed E-state index contributed by atoms with van der Waals surface area (Å²) in [6, 6.07) is 3.98. The largest absolute Gasteiger partial charge is 0.354 e. The summed E-state index contributed by atoms with van der Waals surface area (Å²) in [6.07, 6.45) is 7.34. The summed E-state index contributed by atoms with van der Waals surface area (Å²) < 4.78 is 0. The van der Waals surface area contributed by atoms with E-state index in [0.717, 1.165) is 60.6 Å². The predicted octanol–water partition coefficient (Wildman–Crippen LogP) is 4.36. The molecule has 0 fully saturated rings. The Morgan fingerprint density at radius 3 is 1.19 bits per heavy atom. The van der Waals surface area contributed by atoms with Gasteiger partial charge in [0.25, 0.3) is 0 Å². The van der Waals surface area contributed by atoms with Crippen molar-refractivity contribution in [1.29, 1.82) is 0 Å². The Labute approximate surface area is 157 Å². The third-order valence-corrected chi connectivity index (χ3v) is 4.13. The molecule has 0 saturated heterocycles. The van der Waals surface area contributed by atoms with Crippen molar-refractivity contribution in [1.82, 2.24) is 19.9 Å². The van der Waals surface area contributed by atoms with Gasteiger partial charge in [0, 0.05) is 35.9 Å². The smallest absolute Gasteiger partial charge is 0.223 e. The van der Waals surface area contributed by atoms with E-state index < -0.39 is 0 Å². The maximum absolute atomic E-state index is 4.40. The number of anilines is 2. The standard InChI is InChI=1S/C20H32N6/c1-15-13-16(2)24-19(23-15)21-11-9-7-5-6-8-10-12-22-20-25-17(3)14-18(4)26-20/h13-14H,5-12H2,1-4H3,(H,21,23,24)(H,22,25,26). The Kier molecular flexibility index (Phi) is 8.25. The molecule has 2 aromatic heterocycles. The number of aromatic nitrogens is 4. The van der Waals surface area contributed by atoms with Crippen LogP contribution in [0, 0.1) is 27.7 Å². The molecule has 0 unspecified atom stereocenters. The van der Waals surface area contributed by atoms with Crippen molar-refractivity contribution in [3.05, 3.63) is 34.9 Å². The molecule has 2 aromatic rings. The van der Waals surface area contributed by atoms with E-state index in [9.17, 15) is 0 Å². The molecule has 0 aliphatic carbocycles. The van der Waals surface area contributed by atoms with Gasteiger partial charge in [0.05, 0.1) is 0 Å². The molecular formula is C20H32N6. The van der Waals surface area contributed by atoms with Crippen LogP contribution in [-0.2, 0) is 0 Å². The summed E-state index contributed by atoms with van der Waals surface area (Å²) in [5.41, 5.74) is 4.05. The van der Waals surface area contributed by atoms with Crippen molar-refractivity contribution in [3.8, 4) is 0 Å². The minimum Gasteiger partial charge on any atom is -0.354 e. The second-order valence-electron chi connectivity index (χ2n) is 6.92. The Hall–Kier alpha value is -2.24. The summed E-state index contributed by atoms with van der Waals surface area (Å²) in [7, 11) is 0. The van der Waals surface area contributed by atoms with E-state index in [-0.39, 0.29) is 0 Å². The van der Waals surface area contributed by atoms with Crippen molar-refractivity contribution in [3.63, 3.8) is 0 Å². The van der Waals surface area contributed by atoms with Crippen LogP contribution in [0.15, 0.2) is 12.1 Å². The molecule has 6 nitrogen and oxygen atoms in total. The van der Waals surface area contributed by atoms with Crippen molar-refractivity contribution < 1.29 is 0 Å². The van der Waals surface area contributed by atoms with Crippen molar-refractivity contribution in [2.24, 2.45) is 0 Å². The van der Waals surface area contributed by atoms with Crippen LogP contribution in [0.2, 0.25) is 0 Å². The maximum Gasteiger partial charge on any atom is 0.223 e. The number of hydrogen-bond donors (Lipinski definition) is 2. The minimum atomic E-state index is 0.752. The summed E-state index contributed by atoms with van der Waals surface area (Å²) in [4.78, 5) is 17.6. The van der Waals surface area contributed by atoms with Crippen LogP contribution >= 0.6 is 0 Å². The van der Waals surface area contributed by atoms with Gasteiger partial charge in [0.15, 0.2) is 0 Å². The molecular weight excluding hydrogens is 324 g/mol. The van der Waals surface area contributed by atoms with Crippen LogP contribution in [0.5, 0.6) is 0 Å². The first-order valence-electron chi connectivity index (χ1n) is 9.65. The van der Waals surface area contributed by atoms with Gasteiger partial charge in [-0.3, -0.25) is 0 Å². The van der Waals surface area contributed by atoms with Crippen LogP contribution in [0.3, 0.4) is 0 Å². The molecule has 26 heavy (non-hydrogen) atoms. The summed E-state index contributed by atoms with van der Waals surface area (Å²) in [6.45, 7) is 9.88. The average molecular weight is 357 g/mol. The monoisotopic (exact) mass is 356 g/mol. The fourth-order valence-electron chi connectivity index (χ4n) is 2.97. The molecule has 2 heterocycles. The van der Waals surface area contributed by atoms with E-state index in [4.69, 9.17) is 0 Å². The Morgan fingerprint density at radius 1 is 0.538 bits per heavy atom. The lowest BCUT2D eigenvalue weighted by molar-refractivity contribution is 0.609. The van der Waals surface area contributed by atoms with Gasteiger partial charge in [-0.1, -0.05) is 25.7 Å². The second-order valence-corrected chi connectivity index (χ2v) is 6.92. The zero-order valence-corrected chi connectivity index (χ0v) is 16.6. The van der Waals surface area contributed by atoms with Gasteiger partial charge in [-0.15, -0.1) is 0 Å². The van der Waals surface area contributed by atoms with E-state index in [0.29, 0.717) is 0 Å². The quantitative estimate of drug-likeness (QED) is 0.583. The first-order chi connectivity index (χ1) is 12.5. The summed E-state index contributed by atoms with van der Waals surface area (Å²) >= 11 is 0. The molecule has 142 valence electrons. The third kappa shape index (κ3) is 7.76. The SMILES string of the molecule is Cc1cc(C)nc(NCCCCCCCCNc2nc(C)cc(C)n2)n1.